The molecule has 10 aromatic carbocycles. The molecule has 11 aromatic rings. The number of allylic oxidation sites excluding steroid dienone is 1. The van der Waals surface area contributed by atoms with Gasteiger partial charge in [0.25, 0.3) is 0 Å². The lowest BCUT2D eigenvalue weighted by atomic mass is 9.85. The standard InChI is InChI=1S/C60H43NO/c1-40-23-24-47(38-55(40)54-35-29-46-16-7-9-19-52(46)60(54)41(2)37-42-13-4-3-5-14-42)43-25-31-49(32-26-43)61(57-21-12-17-45-15-6-8-18-51(45)57)50-33-27-44(28-34-50)48-30-36-59-56(39-48)53-20-10-11-22-58(53)62-59/h3-36,38-39H,2,37H2,1H3. The van der Waals surface area contributed by atoms with E-state index in [-0.39, 0.29) is 0 Å². The van der Waals surface area contributed by atoms with E-state index in [1.165, 1.54) is 54.9 Å². The third-order valence-corrected chi connectivity index (χ3v) is 12.4. The van der Waals surface area contributed by atoms with Gasteiger partial charge in [-0.3, -0.25) is 0 Å². The van der Waals surface area contributed by atoms with E-state index in [0.717, 1.165) is 67.7 Å². The van der Waals surface area contributed by atoms with Gasteiger partial charge in [0.05, 0.1) is 5.69 Å². The van der Waals surface area contributed by atoms with Gasteiger partial charge in [-0.05, 0) is 140 Å². The molecule has 0 N–H and O–H groups in total. The van der Waals surface area contributed by atoms with E-state index in [1.807, 2.05) is 12.1 Å². The summed E-state index contributed by atoms with van der Waals surface area (Å²) in [6.07, 6.45) is 0.788. The van der Waals surface area contributed by atoms with E-state index in [0.29, 0.717) is 0 Å². The van der Waals surface area contributed by atoms with Crippen LogP contribution in [0.3, 0.4) is 0 Å². The van der Waals surface area contributed by atoms with E-state index in [1.54, 1.807) is 0 Å². The van der Waals surface area contributed by atoms with Crippen LogP contribution in [0.1, 0.15) is 16.7 Å². The van der Waals surface area contributed by atoms with Crippen molar-refractivity contribution in [3.8, 4) is 33.4 Å². The van der Waals surface area contributed by atoms with Crippen molar-refractivity contribution in [3.05, 3.63) is 242 Å². The maximum atomic E-state index is 6.13. The Kier molecular flexibility index (Phi) is 9.32. The lowest BCUT2D eigenvalue weighted by Crippen LogP contribution is -2.10. The van der Waals surface area contributed by atoms with Gasteiger partial charge in [0.15, 0.2) is 0 Å². The van der Waals surface area contributed by atoms with Crippen molar-refractivity contribution in [3.63, 3.8) is 0 Å². The summed E-state index contributed by atoms with van der Waals surface area (Å²) in [5.74, 6) is 0. The van der Waals surface area contributed by atoms with Crippen molar-refractivity contribution in [1.29, 1.82) is 0 Å². The zero-order chi connectivity index (χ0) is 41.6. The lowest BCUT2D eigenvalue weighted by molar-refractivity contribution is 0.669. The molecule has 0 radical (unpaired) electrons. The molecule has 0 aliphatic rings. The van der Waals surface area contributed by atoms with Crippen molar-refractivity contribution in [2.75, 3.05) is 4.90 Å². The Morgan fingerprint density at radius 3 is 1.74 bits per heavy atom. The first-order chi connectivity index (χ1) is 30.6. The zero-order valence-corrected chi connectivity index (χ0v) is 34.6. The average molecular weight is 794 g/mol. The maximum Gasteiger partial charge on any atom is 0.135 e. The molecule has 0 aliphatic heterocycles. The highest BCUT2D eigenvalue weighted by Crippen LogP contribution is 2.42. The Morgan fingerprint density at radius 1 is 0.435 bits per heavy atom. The number of benzene rings is 10. The molecule has 0 saturated carbocycles. The minimum absolute atomic E-state index is 0.788. The Balaban J connectivity index is 0.970. The van der Waals surface area contributed by atoms with Gasteiger partial charge in [-0.1, -0.05) is 170 Å². The van der Waals surface area contributed by atoms with Gasteiger partial charge in [0.1, 0.15) is 11.2 Å². The number of nitrogens with zero attached hydrogens (tertiary/aromatic N) is 1. The first-order valence-electron chi connectivity index (χ1n) is 21.3. The zero-order valence-electron chi connectivity index (χ0n) is 34.6. The molecule has 294 valence electrons. The summed E-state index contributed by atoms with van der Waals surface area (Å²) in [5, 5.41) is 7.12. The monoisotopic (exact) mass is 793 g/mol. The summed E-state index contributed by atoms with van der Waals surface area (Å²) in [4.78, 5) is 2.38. The second-order valence-corrected chi connectivity index (χ2v) is 16.2. The van der Waals surface area contributed by atoms with Crippen LogP contribution in [0.4, 0.5) is 17.1 Å². The maximum absolute atomic E-state index is 6.13. The molecule has 2 heteroatoms. The largest absolute Gasteiger partial charge is 0.456 e. The van der Waals surface area contributed by atoms with Crippen LogP contribution in [0.25, 0.3) is 82.4 Å². The summed E-state index contributed by atoms with van der Waals surface area (Å²) in [6, 6.07) is 78.6. The fourth-order valence-electron chi connectivity index (χ4n) is 9.24. The molecule has 11 rings (SSSR count). The Labute approximate surface area is 362 Å². The van der Waals surface area contributed by atoms with Gasteiger partial charge >= 0.3 is 0 Å². The van der Waals surface area contributed by atoms with Crippen molar-refractivity contribution >= 4 is 66.1 Å². The smallest absolute Gasteiger partial charge is 0.135 e. The number of anilines is 3. The van der Waals surface area contributed by atoms with Crippen molar-refractivity contribution in [1.82, 2.24) is 0 Å². The topological polar surface area (TPSA) is 16.4 Å². The number of fused-ring (bicyclic) bond motifs is 5. The molecule has 2 nitrogen and oxygen atoms in total. The Morgan fingerprint density at radius 2 is 1.00 bits per heavy atom. The number of hydrogen-bond donors (Lipinski definition) is 0. The van der Waals surface area contributed by atoms with Crippen LogP contribution in [0.2, 0.25) is 0 Å². The van der Waals surface area contributed by atoms with E-state index < -0.39 is 0 Å². The molecule has 0 amide bonds. The normalized spacial score (nSPS) is 11.4. The molecule has 0 saturated heterocycles. The van der Waals surface area contributed by atoms with Crippen molar-refractivity contribution in [2.45, 2.75) is 13.3 Å². The quantitative estimate of drug-likeness (QED) is 0.145. The van der Waals surface area contributed by atoms with Crippen LogP contribution in [-0.4, -0.2) is 0 Å². The van der Waals surface area contributed by atoms with Gasteiger partial charge in [-0.25, -0.2) is 0 Å². The number of rotatable bonds is 9. The number of aryl methyl sites for hydroxylation is 1. The molecule has 0 unspecified atom stereocenters. The molecule has 0 fully saturated rings. The van der Waals surface area contributed by atoms with Gasteiger partial charge < -0.3 is 9.32 Å². The van der Waals surface area contributed by atoms with Crippen LogP contribution in [0, 0.1) is 6.92 Å². The number of para-hydroxylation sites is 1. The van der Waals surface area contributed by atoms with Crippen LogP contribution < -0.4 is 4.90 Å². The first kappa shape index (κ1) is 37.1. The SMILES string of the molecule is C=C(Cc1ccccc1)c1c(-c2cc(-c3ccc(N(c4ccc(-c5ccc6oc7ccccc7c6c5)cc4)c4cccc5ccccc45)cc3)ccc2C)ccc2ccccc12. The molecule has 0 atom stereocenters. The molecule has 0 bridgehead atoms. The first-order valence-corrected chi connectivity index (χ1v) is 21.3. The third kappa shape index (κ3) is 6.73. The second-order valence-electron chi connectivity index (χ2n) is 16.2. The van der Waals surface area contributed by atoms with Gasteiger partial charge in [0.2, 0.25) is 0 Å². The van der Waals surface area contributed by atoms with Gasteiger partial charge in [-0.2, -0.15) is 0 Å². The van der Waals surface area contributed by atoms with Crippen LogP contribution in [0.15, 0.2) is 229 Å². The van der Waals surface area contributed by atoms with E-state index in [4.69, 9.17) is 11.0 Å². The Hall–Kier alpha value is -7.94. The van der Waals surface area contributed by atoms with Crippen LogP contribution >= 0.6 is 0 Å². The van der Waals surface area contributed by atoms with E-state index >= 15 is 0 Å². The number of hydrogen-bond acceptors (Lipinski definition) is 2. The van der Waals surface area contributed by atoms with E-state index in [2.05, 4.69) is 218 Å². The molecule has 1 heterocycles. The molecule has 0 spiro atoms. The molecular formula is C60H43NO. The van der Waals surface area contributed by atoms with E-state index in [9.17, 15) is 0 Å². The minimum atomic E-state index is 0.788. The third-order valence-electron chi connectivity index (χ3n) is 12.4. The predicted molar refractivity (Wildman–Crippen MR) is 264 cm³/mol. The lowest BCUT2D eigenvalue weighted by Gasteiger charge is -2.27. The van der Waals surface area contributed by atoms with Crippen LogP contribution in [0.5, 0.6) is 0 Å². The summed E-state index contributed by atoms with van der Waals surface area (Å²) in [5.41, 5.74) is 17.0. The van der Waals surface area contributed by atoms with Crippen molar-refractivity contribution < 1.29 is 4.42 Å². The highest BCUT2D eigenvalue weighted by atomic mass is 16.3. The molecule has 0 aliphatic carbocycles. The van der Waals surface area contributed by atoms with Gasteiger partial charge in [-0.15, -0.1) is 0 Å². The fraction of sp³-hybridized carbons (Fsp3) is 0.0333. The minimum Gasteiger partial charge on any atom is -0.456 e. The average Bonchev–Trinajstić information content (AvgIpc) is 3.70. The Bertz CT molecular complexity index is 3440. The highest BCUT2D eigenvalue weighted by molar-refractivity contribution is 6.06. The summed E-state index contributed by atoms with van der Waals surface area (Å²) >= 11 is 0. The van der Waals surface area contributed by atoms with Crippen LogP contribution in [-0.2, 0) is 6.42 Å². The van der Waals surface area contributed by atoms with Gasteiger partial charge in [0, 0.05) is 27.5 Å². The fourth-order valence-corrected chi connectivity index (χ4v) is 9.24. The number of furan rings is 1. The van der Waals surface area contributed by atoms with Crippen molar-refractivity contribution in [2.24, 2.45) is 0 Å². The second kappa shape index (κ2) is 15.6. The molecule has 1 aromatic heterocycles. The summed E-state index contributed by atoms with van der Waals surface area (Å²) < 4.78 is 6.13. The predicted octanol–water partition coefficient (Wildman–Crippen LogP) is 16.9. The summed E-state index contributed by atoms with van der Waals surface area (Å²) in [7, 11) is 0. The summed E-state index contributed by atoms with van der Waals surface area (Å²) in [6.45, 7) is 6.91. The highest BCUT2D eigenvalue weighted by Gasteiger charge is 2.19. The molecule has 62 heavy (non-hydrogen) atoms. The molecular weight excluding hydrogens is 751 g/mol.